The van der Waals surface area contributed by atoms with Gasteiger partial charge in [0.2, 0.25) is 5.91 Å². The Hall–Kier alpha value is -3.71. The second-order valence-electron chi connectivity index (χ2n) is 6.38. The number of anilines is 1. The summed E-state index contributed by atoms with van der Waals surface area (Å²) < 4.78 is 5.70. The van der Waals surface area contributed by atoms with Gasteiger partial charge in [0.15, 0.2) is 0 Å². The van der Waals surface area contributed by atoms with Crippen molar-refractivity contribution in [3.63, 3.8) is 0 Å². The first-order valence-corrected chi connectivity index (χ1v) is 9.17. The lowest BCUT2D eigenvalue weighted by Gasteiger charge is -2.16. The van der Waals surface area contributed by atoms with E-state index in [0.717, 1.165) is 5.69 Å². The fourth-order valence-corrected chi connectivity index (χ4v) is 2.69. The maximum Gasteiger partial charge on any atom is 0.230 e. The smallest absolute Gasteiger partial charge is 0.230 e. The van der Waals surface area contributed by atoms with Crippen molar-refractivity contribution in [2.24, 2.45) is 0 Å². The van der Waals surface area contributed by atoms with Gasteiger partial charge in [-0.15, -0.1) is 0 Å². The zero-order chi connectivity index (χ0) is 20.5. The lowest BCUT2D eigenvalue weighted by molar-refractivity contribution is -0.697. The molecule has 0 radical (unpaired) electrons. The van der Waals surface area contributed by atoms with Crippen molar-refractivity contribution in [2.45, 2.75) is 19.0 Å². The van der Waals surface area contributed by atoms with E-state index in [-0.39, 0.29) is 6.42 Å². The lowest BCUT2D eigenvalue weighted by atomic mass is 10.2. The van der Waals surface area contributed by atoms with Crippen LogP contribution in [-0.4, -0.2) is 22.9 Å². The van der Waals surface area contributed by atoms with Crippen LogP contribution in [0.5, 0.6) is 11.5 Å². The topological polar surface area (TPSA) is 108 Å². The van der Waals surface area contributed by atoms with Crippen LogP contribution in [0.3, 0.4) is 0 Å². The van der Waals surface area contributed by atoms with Gasteiger partial charge in [-0.25, -0.2) is 0 Å². The van der Waals surface area contributed by atoms with Gasteiger partial charge in [0, 0.05) is 11.9 Å². The first kappa shape index (κ1) is 20.0. The number of hydrogen-bond acceptors (Lipinski definition) is 5. The largest absolute Gasteiger partial charge is 0.544 e. The quantitative estimate of drug-likeness (QED) is 0.568. The van der Waals surface area contributed by atoms with Crippen LogP contribution in [0.4, 0.5) is 5.69 Å². The molecule has 7 heteroatoms. The molecule has 0 saturated carbocycles. The molecule has 0 spiro atoms. The summed E-state index contributed by atoms with van der Waals surface area (Å²) in [5.41, 5.74) is 1.28. The predicted octanol–water partition coefficient (Wildman–Crippen LogP) is 1.08. The number of carbonyl (C=O) groups is 2. The number of carboxylic acid groups (broad SMARTS) is 1. The van der Waals surface area contributed by atoms with Crippen molar-refractivity contribution in [2.75, 3.05) is 5.32 Å². The second-order valence-corrected chi connectivity index (χ2v) is 6.38. The van der Waals surface area contributed by atoms with E-state index in [1.54, 1.807) is 42.6 Å². The number of carbonyl (C=O) groups excluding carboxylic acids is 2. The molecule has 0 bridgehead atoms. The molecule has 1 atom stereocenters. The van der Waals surface area contributed by atoms with Crippen LogP contribution in [0, 0.1) is 0 Å². The van der Waals surface area contributed by atoms with E-state index in [9.17, 15) is 14.7 Å². The van der Waals surface area contributed by atoms with Crippen LogP contribution < -0.4 is 20.5 Å². The van der Waals surface area contributed by atoms with Crippen LogP contribution in [0.2, 0.25) is 0 Å². The number of aromatic nitrogens is 1. The number of rotatable bonds is 9. The Balaban J connectivity index is 1.52. The monoisotopic (exact) mass is 391 g/mol. The molecule has 0 saturated heterocycles. The highest BCUT2D eigenvalue weighted by atomic mass is 16.5. The Morgan fingerprint density at radius 3 is 2.31 bits per heavy atom. The summed E-state index contributed by atoms with van der Waals surface area (Å²) in [6.45, 7) is 0.346. The van der Waals surface area contributed by atoms with E-state index in [0.29, 0.717) is 23.7 Å². The fraction of sp³-hybridized carbons (Fsp3) is 0.136. The summed E-state index contributed by atoms with van der Waals surface area (Å²) in [6.07, 6.45) is 1.42. The average Bonchev–Trinajstić information content (AvgIpc) is 2.74. The van der Waals surface area contributed by atoms with Gasteiger partial charge in [-0.2, -0.15) is 0 Å². The molecule has 1 amide bonds. The van der Waals surface area contributed by atoms with Crippen LogP contribution in [0.15, 0.2) is 79.0 Å². The minimum atomic E-state index is -1.29. The normalized spacial score (nSPS) is 11.4. The summed E-state index contributed by atoms with van der Waals surface area (Å²) in [4.78, 5) is 27.8. The molecule has 148 valence electrons. The summed E-state index contributed by atoms with van der Waals surface area (Å²) in [5.74, 6) is -0.356. The fourth-order valence-electron chi connectivity index (χ4n) is 2.69. The molecule has 3 rings (SSSR count). The number of amides is 1. The summed E-state index contributed by atoms with van der Waals surface area (Å²) >= 11 is 0. The number of ether oxygens (including phenoxy) is 1. The zero-order valence-electron chi connectivity index (χ0n) is 15.7. The van der Waals surface area contributed by atoms with Crippen molar-refractivity contribution in [3.05, 3.63) is 84.7 Å². The van der Waals surface area contributed by atoms with Crippen LogP contribution in [0.1, 0.15) is 12.1 Å². The molecular weight excluding hydrogens is 370 g/mol. The van der Waals surface area contributed by atoms with Gasteiger partial charge in [0.25, 0.3) is 0 Å². The standard InChI is InChI=1S/C22H21N3O4/c26-21(14-20(22(27)28)24-15-17-6-4-5-13-23-17)25-16-9-11-19(12-10-16)29-18-7-2-1-3-8-18/h1-13,20,24H,14-15H2,(H,25,26)(H,27,28)/t20-/m0/s1. The molecule has 3 N–H and O–H groups in total. The van der Waals surface area contributed by atoms with Crippen molar-refractivity contribution in [1.29, 1.82) is 0 Å². The summed E-state index contributed by atoms with van der Waals surface area (Å²) in [7, 11) is 0. The Morgan fingerprint density at radius 2 is 1.66 bits per heavy atom. The van der Waals surface area contributed by atoms with Gasteiger partial charge in [-0.3, -0.25) is 9.78 Å². The number of aliphatic carboxylic acids is 1. The van der Waals surface area contributed by atoms with Crippen LogP contribution in [0.25, 0.3) is 0 Å². The van der Waals surface area contributed by atoms with E-state index in [2.05, 4.69) is 10.3 Å². The van der Waals surface area contributed by atoms with Crippen LogP contribution in [-0.2, 0) is 16.1 Å². The first-order valence-electron chi connectivity index (χ1n) is 9.17. The molecule has 1 aromatic heterocycles. The maximum absolute atomic E-state index is 12.2. The van der Waals surface area contributed by atoms with E-state index in [1.165, 1.54) is 5.32 Å². The molecule has 3 aromatic rings. The molecular formula is C22H21N3O4. The third-order valence-electron chi connectivity index (χ3n) is 4.16. The molecule has 1 heterocycles. The maximum atomic E-state index is 12.2. The number of nitrogens with two attached hydrogens (primary N) is 1. The van der Waals surface area contributed by atoms with Crippen molar-refractivity contribution >= 4 is 17.6 Å². The first-order chi connectivity index (χ1) is 14.1. The van der Waals surface area contributed by atoms with E-state index in [4.69, 9.17) is 4.74 Å². The summed E-state index contributed by atoms with van der Waals surface area (Å²) in [6, 6.07) is 20.6. The number of nitrogens with zero attached hydrogens (tertiary/aromatic N) is 1. The zero-order valence-corrected chi connectivity index (χ0v) is 15.7. The molecule has 0 aliphatic carbocycles. The highest BCUT2D eigenvalue weighted by molar-refractivity contribution is 5.93. The SMILES string of the molecule is O=C(C[C@H]([NH2+]Cc1ccccn1)C(=O)[O-])Nc1ccc(Oc2ccccc2)cc1. The molecule has 0 aliphatic rings. The van der Waals surface area contributed by atoms with Crippen molar-refractivity contribution in [3.8, 4) is 11.5 Å². The third-order valence-corrected chi connectivity index (χ3v) is 4.16. The molecule has 0 aliphatic heterocycles. The Kier molecular flexibility index (Phi) is 6.91. The van der Waals surface area contributed by atoms with E-state index in [1.807, 2.05) is 36.4 Å². The molecule has 2 aromatic carbocycles. The molecule has 0 fully saturated rings. The highest BCUT2D eigenvalue weighted by Crippen LogP contribution is 2.22. The molecule has 7 nitrogen and oxygen atoms in total. The molecule has 29 heavy (non-hydrogen) atoms. The highest BCUT2D eigenvalue weighted by Gasteiger charge is 2.18. The van der Waals surface area contributed by atoms with Gasteiger partial charge in [0.1, 0.15) is 24.1 Å². The van der Waals surface area contributed by atoms with Crippen molar-refractivity contribution < 1.29 is 24.7 Å². The predicted molar refractivity (Wildman–Crippen MR) is 105 cm³/mol. The Labute approximate surface area is 168 Å². The van der Waals surface area contributed by atoms with E-state index >= 15 is 0 Å². The Bertz CT molecular complexity index is 931. The van der Waals surface area contributed by atoms with Gasteiger partial charge in [0.05, 0.1) is 18.1 Å². The minimum absolute atomic E-state index is 0.211. The van der Waals surface area contributed by atoms with Gasteiger partial charge in [-0.1, -0.05) is 24.3 Å². The number of nitrogens with one attached hydrogen (secondary N) is 1. The Morgan fingerprint density at radius 1 is 0.966 bits per heavy atom. The van der Waals surface area contributed by atoms with E-state index < -0.39 is 17.9 Å². The average molecular weight is 391 g/mol. The second kappa shape index (κ2) is 10.0. The van der Waals surface area contributed by atoms with Crippen LogP contribution >= 0.6 is 0 Å². The number of pyridine rings is 1. The summed E-state index contributed by atoms with van der Waals surface area (Å²) in [5, 5.41) is 15.6. The minimum Gasteiger partial charge on any atom is -0.544 e. The number of hydrogen-bond donors (Lipinski definition) is 2. The number of quaternary nitrogens is 1. The number of carboxylic acids is 1. The van der Waals surface area contributed by atoms with Gasteiger partial charge >= 0.3 is 0 Å². The number of para-hydroxylation sites is 1. The van der Waals surface area contributed by atoms with Crippen molar-refractivity contribution in [1.82, 2.24) is 4.98 Å². The number of benzene rings is 2. The lowest BCUT2D eigenvalue weighted by Crippen LogP contribution is -2.92. The third kappa shape index (κ3) is 6.44. The van der Waals surface area contributed by atoms with Gasteiger partial charge in [-0.05, 0) is 48.5 Å². The molecule has 0 unspecified atom stereocenters. The van der Waals surface area contributed by atoms with Gasteiger partial charge < -0.3 is 25.3 Å².